The number of benzene rings is 1. The van der Waals surface area contributed by atoms with E-state index in [2.05, 4.69) is 10.3 Å². The van der Waals surface area contributed by atoms with Gasteiger partial charge in [0.15, 0.2) is 0 Å². The van der Waals surface area contributed by atoms with Crippen molar-refractivity contribution in [3.63, 3.8) is 0 Å². The first-order chi connectivity index (χ1) is 13.8. The summed E-state index contributed by atoms with van der Waals surface area (Å²) in [5.41, 5.74) is 1.33. The number of carbonyl (C=O) groups is 2. The minimum Gasteiger partial charge on any atom is -0.351 e. The molecule has 1 N–H and O–H groups in total. The summed E-state index contributed by atoms with van der Waals surface area (Å²) in [6, 6.07) is 6.18. The molecule has 1 aromatic carbocycles. The maximum atomic E-state index is 13.6. The largest absolute Gasteiger partial charge is 0.351 e. The number of rotatable bonds is 6. The van der Waals surface area contributed by atoms with Crippen molar-refractivity contribution in [3.05, 3.63) is 59.7 Å². The smallest absolute Gasteiger partial charge is 0.252 e. The summed E-state index contributed by atoms with van der Waals surface area (Å²) in [5.74, 6) is -4.06. The quantitative estimate of drug-likeness (QED) is 0.731. The van der Waals surface area contributed by atoms with E-state index in [-0.39, 0.29) is 5.69 Å². The number of hydrogen-bond donors (Lipinski definition) is 1. The zero-order valence-corrected chi connectivity index (χ0v) is 16.5. The highest BCUT2D eigenvalue weighted by molar-refractivity contribution is 5.93. The second-order valence-electron chi connectivity index (χ2n) is 6.60. The SMILES string of the molecule is CC.Cc1ccccc1[C@@H](C(=O)NC1CC(F)(F)C1)N(C=O)c1cncc(F)c1. The molecule has 0 bridgehead atoms. The van der Waals surface area contributed by atoms with Gasteiger partial charge in [-0.05, 0) is 18.1 Å². The lowest BCUT2D eigenvalue weighted by Gasteiger charge is -2.37. The fourth-order valence-electron chi connectivity index (χ4n) is 3.17. The number of aromatic nitrogens is 1. The predicted octanol–water partition coefficient (Wildman–Crippen LogP) is 4.17. The highest BCUT2D eigenvalue weighted by Crippen LogP contribution is 2.38. The lowest BCUT2D eigenvalue weighted by atomic mass is 9.87. The fraction of sp³-hybridized carbons (Fsp3) is 0.381. The summed E-state index contributed by atoms with van der Waals surface area (Å²) < 4.78 is 39.8. The standard InChI is InChI=1S/C19H18F3N3O2.C2H6/c1-12-4-2-3-5-16(12)17(18(27)24-14-7-19(21,22)8-14)25(11-26)15-6-13(20)9-23-10-15;1-2/h2-6,9-11,14,17H,7-8H2,1H3,(H,24,27);1-2H3/t17-;/m0./s1. The van der Waals surface area contributed by atoms with Crippen LogP contribution in [0.4, 0.5) is 18.9 Å². The molecule has 1 heterocycles. The highest BCUT2D eigenvalue weighted by Gasteiger charge is 2.46. The lowest BCUT2D eigenvalue weighted by molar-refractivity contribution is -0.131. The highest BCUT2D eigenvalue weighted by atomic mass is 19.3. The van der Waals surface area contributed by atoms with Crippen molar-refractivity contribution in [2.75, 3.05) is 4.90 Å². The van der Waals surface area contributed by atoms with E-state index in [0.29, 0.717) is 12.0 Å². The first-order valence-corrected chi connectivity index (χ1v) is 9.38. The van der Waals surface area contributed by atoms with Crippen LogP contribution < -0.4 is 10.2 Å². The number of carbonyl (C=O) groups excluding carboxylic acids is 2. The fourth-order valence-corrected chi connectivity index (χ4v) is 3.17. The topological polar surface area (TPSA) is 62.3 Å². The minimum absolute atomic E-state index is 0.0901. The Kier molecular flexibility index (Phi) is 7.36. The molecule has 1 aliphatic carbocycles. The van der Waals surface area contributed by atoms with E-state index in [0.717, 1.165) is 22.7 Å². The third-order valence-electron chi connectivity index (χ3n) is 4.55. The van der Waals surface area contributed by atoms with Crippen molar-refractivity contribution in [2.24, 2.45) is 0 Å². The van der Waals surface area contributed by atoms with Gasteiger partial charge in [0.1, 0.15) is 11.9 Å². The van der Waals surface area contributed by atoms with E-state index in [1.807, 2.05) is 13.8 Å². The van der Waals surface area contributed by atoms with E-state index in [4.69, 9.17) is 0 Å². The molecule has 0 aliphatic heterocycles. The zero-order chi connectivity index (χ0) is 21.6. The summed E-state index contributed by atoms with van der Waals surface area (Å²) in [6.07, 6.45) is 1.76. The summed E-state index contributed by atoms with van der Waals surface area (Å²) in [6.45, 7) is 5.76. The van der Waals surface area contributed by atoms with Crippen LogP contribution in [0.5, 0.6) is 0 Å². The first kappa shape index (κ1) is 22.4. The van der Waals surface area contributed by atoms with Crippen LogP contribution in [-0.2, 0) is 9.59 Å². The van der Waals surface area contributed by atoms with Crippen LogP contribution in [0.3, 0.4) is 0 Å². The molecular weight excluding hydrogens is 383 g/mol. The van der Waals surface area contributed by atoms with Gasteiger partial charge in [-0.1, -0.05) is 38.1 Å². The first-order valence-electron chi connectivity index (χ1n) is 9.38. The molecular formula is C21H24F3N3O2. The minimum atomic E-state index is -2.78. The van der Waals surface area contributed by atoms with Crippen molar-refractivity contribution in [2.45, 2.75) is 51.6 Å². The Morgan fingerprint density at radius 2 is 1.93 bits per heavy atom. The molecule has 0 saturated heterocycles. The average molecular weight is 407 g/mol. The maximum absolute atomic E-state index is 13.6. The Hall–Kier alpha value is -2.90. The molecule has 2 amide bonds. The Morgan fingerprint density at radius 3 is 2.48 bits per heavy atom. The van der Waals surface area contributed by atoms with Gasteiger partial charge in [0.2, 0.25) is 12.3 Å². The van der Waals surface area contributed by atoms with Crippen LogP contribution in [0, 0.1) is 12.7 Å². The molecule has 1 aliphatic rings. The van der Waals surface area contributed by atoms with E-state index in [1.54, 1.807) is 31.2 Å². The predicted molar refractivity (Wildman–Crippen MR) is 104 cm³/mol. The number of halogens is 3. The van der Waals surface area contributed by atoms with Crippen LogP contribution in [0.15, 0.2) is 42.7 Å². The van der Waals surface area contributed by atoms with Gasteiger partial charge in [0, 0.05) is 24.9 Å². The van der Waals surface area contributed by atoms with Crippen molar-refractivity contribution in [1.82, 2.24) is 10.3 Å². The van der Waals surface area contributed by atoms with E-state index < -0.39 is 42.6 Å². The molecule has 0 radical (unpaired) electrons. The Labute approximate surface area is 167 Å². The molecule has 8 heteroatoms. The summed E-state index contributed by atoms with van der Waals surface area (Å²) >= 11 is 0. The molecule has 3 rings (SSSR count). The molecule has 2 aromatic rings. The van der Waals surface area contributed by atoms with Gasteiger partial charge < -0.3 is 5.32 Å². The molecule has 5 nitrogen and oxygen atoms in total. The average Bonchev–Trinajstić information content (AvgIpc) is 2.67. The van der Waals surface area contributed by atoms with E-state index >= 15 is 0 Å². The van der Waals surface area contributed by atoms with Gasteiger partial charge in [-0.15, -0.1) is 0 Å². The molecule has 0 spiro atoms. The van der Waals surface area contributed by atoms with Crippen molar-refractivity contribution >= 4 is 18.0 Å². The zero-order valence-electron chi connectivity index (χ0n) is 16.5. The van der Waals surface area contributed by atoms with Crippen LogP contribution >= 0.6 is 0 Å². The van der Waals surface area contributed by atoms with Crippen molar-refractivity contribution in [1.29, 1.82) is 0 Å². The molecule has 0 unspecified atom stereocenters. The second kappa shape index (κ2) is 9.54. The molecule has 1 fully saturated rings. The molecule has 1 aromatic heterocycles. The van der Waals surface area contributed by atoms with E-state index in [1.165, 1.54) is 6.20 Å². The lowest BCUT2D eigenvalue weighted by Crippen LogP contribution is -2.53. The third-order valence-corrected chi connectivity index (χ3v) is 4.55. The van der Waals surface area contributed by atoms with Crippen LogP contribution in [-0.4, -0.2) is 29.3 Å². The van der Waals surface area contributed by atoms with Crippen LogP contribution in [0.1, 0.15) is 43.9 Å². The normalized spacial score (nSPS) is 15.9. The molecule has 29 heavy (non-hydrogen) atoms. The number of nitrogens with zero attached hydrogens (tertiary/aromatic N) is 2. The number of amides is 2. The third kappa shape index (κ3) is 5.34. The van der Waals surface area contributed by atoms with Crippen LogP contribution in [0.25, 0.3) is 0 Å². The number of alkyl halides is 2. The summed E-state index contributed by atoms with van der Waals surface area (Å²) in [4.78, 5) is 29.5. The van der Waals surface area contributed by atoms with Crippen LogP contribution in [0.2, 0.25) is 0 Å². The Balaban J connectivity index is 0.00000145. The molecule has 156 valence electrons. The van der Waals surface area contributed by atoms with Gasteiger partial charge in [-0.3, -0.25) is 19.5 Å². The number of pyridine rings is 1. The number of aryl methyl sites for hydroxylation is 1. The maximum Gasteiger partial charge on any atom is 0.252 e. The van der Waals surface area contributed by atoms with Crippen molar-refractivity contribution < 1.29 is 22.8 Å². The summed E-state index contributed by atoms with van der Waals surface area (Å²) in [7, 11) is 0. The summed E-state index contributed by atoms with van der Waals surface area (Å²) in [5, 5.41) is 2.56. The van der Waals surface area contributed by atoms with E-state index in [9.17, 15) is 22.8 Å². The van der Waals surface area contributed by atoms with Gasteiger partial charge in [-0.2, -0.15) is 0 Å². The molecule has 1 saturated carbocycles. The second-order valence-corrected chi connectivity index (χ2v) is 6.60. The Morgan fingerprint density at radius 1 is 1.28 bits per heavy atom. The van der Waals surface area contributed by atoms with Gasteiger partial charge in [0.25, 0.3) is 5.92 Å². The Bertz CT molecular complexity index is 853. The van der Waals surface area contributed by atoms with Gasteiger partial charge in [-0.25, -0.2) is 13.2 Å². The number of anilines is 1. The van der Waals surface area contributed by atoms with Crippen molar-refractivity contribution in [3.8, 4) is 0 Å². The monoisotopic (exact) mass is 407 g/mol. The number of hydrogen-bond acceptors (Lipinski definition) is 3. The number of nitrogens with one attached hydrogen (secondary N) is 1. The molecule has 1 atom stereocenters. The van der Waals surface area contributed by atoms with Gasteiger partial charge >= 0.3 is 0 Å². The van der Waals surface area contributed by atoms with Gasteiger partial charge in [0.05, 0.1) is 18.1 Å².